The van der Waals surface area contributed by atoms with Crippen molar-refractivity contribution in [1.82, 2.24) is 15.2 Å². The van der Waals surface area contributed by atoms with Crippen LogP contribution in [0, 0.1) is 20.8 Å². The van der Waals surface area contributed by atoms with Gasteiger partial charge in [-0.25, -0.2) is 4.98 Å². The molecule has 27 heavy (non-hydrogen) atoms. The zero-order valence-electron chi connectivity index (χ0n) is 15.6. The Balaban J connectivity index is 1.76. The number of ether oxygens (including phenoxy) is 1. The number of hydrogen-bond acceptors (Lipinski definition) is 5. The zero-order chi connectivity index (χ0) is 19.6. The monoisotopic (exact) mass is 401 g/mol. The van der Waals surface area contributed by atoms with Crippen LogP contribution in [0.3, 0.4) is 0 Å². The maximum Gasteiger partial charge on any atom is 0.209 e. The standard InChI is InChI=1S/C20H20ClN3O2S/c1-11-7-12(2)18(13(3)8-11)16(25)10-27-20-22-19(23-24-20)15-9-14(21)5-6-17(15)26-4/h5-9H,10H2,1-4H3,(H,22,23,24). The van der Waals surface area contributed by atoms with Crippen molar-refractivity contribution in [3.05, 3.63) is 57.6 Å². The third-order valence-electron chi connectivity index (χ3n) is 4.17. The SMILES string of the molecule is COc1ccc(Cl)cc1-c1nc(SCC(=O)c2c(C)cc(C)cc2C)n[nH]1. The Morgan fingerprint density at radius 3 is 2.56 bits per heavy atom. The molecule has 0 radical (unpaired) electrons. The van der Waals surface area contributed by atoms with Crippen molar-refractivity contribution in [2.24, 2.45) is 0 Å². The molecule has 0 saturated carbocycles. The first kappa shape index (κ1) is 19.5. The third kappa shape index (κ3) is 4.34. The zero-order valence-corrected chi connectivity index (χ0v) is 17.2. The van der Waals surface area contributed by atoms with E-state index in [9.17, 15) is 4.79 Å². The van der Waals surface area contributed by atoms with Crippen molar-refractivity contribution in [3.8, 4) is 17.1 Å². The average molecular weight is 402 g/mol. The largest absolute Gasteiger partial charge is 0.496 e. The summed E-state index contributed by atoms with van der Waals surface area (Å²) in [6.45, 7) is 5.96. The number of aromatic nitrogens is 3. The number of ketones is 1. The average Bonchev–Trinajstić information content (AvgIpc) is 3.08. The van der Waals surface area contributed by atoms with E-state index in [-0.39, 0.29) is 11.5 Å². The number of Topliss-reactive ketones (excluding diaryl/α,β-unsaturated/α-hetero) is 1. The summed E-state index contributed by atoms with van der Waals surface area (Å²) in [5, 5.41) is 8.17. The van der Waals surface area contributed by atoms with Crippen LogP contribution in [-0.2, 0) is 0 Å². The number of H-pyrrole nitrogens is 1. The van der Waals surface area contributed by atoms with E-state index < -0.39 is 0 Å². The van der Waals surface area contributed by atoms with Crippen molar-refractivity contribution >= 4 is 29.1 Å². The Morgan fingerprint density at radius 1 is 1.19 bits per heavy atom. The summed E-state index contributed by atoms with van der Waals surface area (Å²) in [5.74, 6) is 1.54. The number of halogens is 1. The van der Waals surface area contributed by atoms with E-state index >= 15 is 0 Å². The molecule has 0 fully saturated rings. The van der Waals surface area contributed by atoms with E-state index in [0.717, 1.165) is 27.8 Å². The summed E-state index contributed by atoms with van der Waals surface area (Å²) in [6.07, 6.45) is 0. The summed E-state index contributed by atoms with van der Waals surface area (Å²) >= 11 is 7.38. The van der Waals surface area contributed by atoms with Gasteiger partial charge in [-0.05, 0) is 50.1 Å². The minimum Gasteiger partial charge on any atom is -0.496 e. The third-order valence-corrected chi connectivity index (χ3v) is 5.25. The van der Waals surface area contributed by atoms with E-state index in [1.165, 1.54) is 11.8 Å². The molecule has 3 aromatic rings. The lowest BCUT2D eigenvalue weighted by Gasteiger charge is -2.09. The lowest BCUT2D eigenvalue weighted by molar-refractivity contribution is 0.102. The molecule has 0 saturated heterocycles. The predicted molar refractivity (Wildman–Crippen MR) is 109 cm³/mol. The molecule has 7 heteroatoms. The summed E-state index contributed by atoms with van der Waals surface area (Å²) in [4.78, 5) is 17.1. The molecule has 0 unspecified atom stereocenters. The molecule has 0 atom stereocenters. The maximum atomic E-state index is 12.7. The molecule has 1 aromatic heterocycles. The minimum absolute atomic E-state index is 0.0710. The number of benzene rings is 2. The number of aryl methyl sites for hydroxylation is 3. The fourth-order valence-corrected chi connectivity index (χ4v) is 3.96. The molecule has 3 rings (SSSR count). The van der Waals surface area contributed by atoms with Gasteiger partial charge in [-0.3, -0.25) is 9.89 Å². The Hall–Kier alpha value is -2.31. The molecular weight excluding hydrogens is 382 g/mol. The first-order chi connectivity index (χ1) is 12.9. The highest BCUT2D eigenvalue weighted by Gasteiger charge is 2.16. The Morgan fingerprint density at radius 2 is 1.89 bits per heavy atom. The summed E-state index contributed by atoms with van der Waals surface area (Å²) < 4.78 is 5.35. The summed E-state index contributed by atoms with van der Waals surface area (Å²) in [6, 6.07) is 9.35. The topological polar surface area (TPSA) is 67.9 Å². The summed E-state index contributed by atoms with van der Waals surface area (Å²) in [5.41, 5.74) is 4.65. The molecule has 5 nitrogen and oxygen atoms in total. The number of carbonyl (C=O) groups excluding carboxylic acids is 1. The van der Waals surface area contributed by atoms with E-state index in [4.69, 9.17) is 16.3 Å². The van der Waals surface area contributed by atoms with Gasteiger partial charge in [0.2, 0.25) is 5.16 Å². The highest BCUT2D eigenvalue weighted by molar-refractivity contribution is 7.99. The minimum atomic E-state index is 0.0710. The number of nitrogens with one attached hydrogen (secondary N) is 1. The molecule has 0 bridgehead atoms. The van der Waals surface area contributed by atoms with Crippen molar-refractivity contribution in [3.63, 3.8) is 0 Å². The van der Waals surface area contributed by atoms with Gasteiger partial charge < -0.3 is 4.74 Å². The Bertz CT molecular complexity index is 978. The normalized spacial score (nSPS) is 10.9. The lowest BCUT2D eigenvalue weighted by Crippen LogP contribution is -2.08. The second-order valence-electron chi connectivity index (χ2n) is 6.30. The first-order valence-corrected chi connectivity index (χ1v) is 9.75. The van der Waals surface area contributed by atoms with Crippen LogP contribution in [0.2, 0.25) is 5.02 Å². The number of methoxy groups -OCH3 is 1. The van der Waals surface area contributed by atoms with E-state index in [0.29, 0.717) is 21.8 Å². The lowest BCUT2D eigenvalue weighted by atomic mass is 9.97. The molecular formula is C20H20ClN3O2S. The first-order valence-electron chi connectivity index (χ1n) is 8.39. The molecule has 2 aromatic carbocycles. The maximum absolute atomic E-state index is 12.7. The fraction of sp³-hybridized carbons (Fsp3) is 0.250. The molecule has 0 aliphatic rings. The van der Waals surface area contributed by atoms with Crippen molar-refractivity contribution in [1.29, 1.82) is 0 Å². The van der Waals surface area contributed by atoms with E-state index in [1.54, 1.807) is 25.3 Å². The van der Waals surface area contributed by atoms with Crippen LogP contribution in [0.5, 0.6) is 5.75 Å². The van der Waals surface area contributed by atoms with Crippen LogP contribution in [0.15, 0.2) is 35.5 Å². The molecule has 1 N–H and O–H groups in total. The predicted octanol–water partition coefficient (Wildman–Crippen LogP) is 5.03. The Kier molecular flexibility index (Phi) is 5.87. The second-order valence-corrected chi connectivity index (χ2v) is 7.68. The molecule has 0 amide bonds. The van der Waals surface area contributed by atoms with Gasteiger partial charge in [-0.2, -0.15) is 0 Å². The van der Waals surface area contributed by atoms with Crippen LogP contribution >= 0.6 is 23.4 Å². The van der Waals surface area contributed by atoms with Crippen molar-refractivity contribution < 1.29 is 9.53 Å². The van der Waals surface area contributed by atoms with Crippen molar-refractivity contribution in [2.45, 2.75) is 25.9 Å². The summed E-state index contributed by atoms with van der Waals surface area (Å²) in [7, 11) is 1.59. The highest BCUT2D eigenvalue weighted by atomic mass is 35.5. The van der Waals surface area contributed by atoms with Gasteiger partial charge >= 0.3 is 0 Å². The molecule has 0 aliphatic carbocycles. The van der Waals surface area contributed by atoms with Gasteiger partial charge in [0, 0.05) is 10.6 Å². The smallest absolute Gasteiger partial charge is 0.209 e. The van der Waals surface area contributed by atoms with Gasteiger partial charge in [0.05, 0.1) is 18.4 Å². The van der Waals surface area contributed by atoms with E-state index in [2.05, 4.69) is 15.2 Å². The van der Waals surface area contributed by atoms with Gasteiger partial charge in [-0.15, -0.1) is 5.10 Å². The number of nitrogens with zero attached hydrogens (tertiary/aromatic N) is 2. The van der Waals surface area contributed by atoms with Crippen LogP contribution in [0.25, 0.3) is 11.4 Å². The van der Waals surface area contributed by atoms with Gasteiger partial charge in [0.15, 0.2) is 11.6 Å². The molecule has 1 heterocycles. The highest BCUT2D eigenvalue weighted by Crippen LogP contribution is 2.31. The Labute approximate surface area is 167 Å². The van der Waals surface area contributed by atoms with Crippen LogP contribution in [0.4, 0.5) is 0 Å². The van der Waals surface area contributed by atoms with Crippen molar-refractivity contribution in [2.75, 3.05) is 12.9 Å². The molecule has 0 aliphatic heterocycles. The fourth-order valence-electron chi connectivity index (χ4n) is 3.12. The molecule has 0 spiro atoms. The van der Waals surface area contributed by atoms with Crippen LogP contribution in [0.1, 0.15) is 27.0 Å². The number of carbonyl (C=O) groups is 1. The van der Waals surface area contributed by atoms with Gasteiger partial charge in [0.25, 0.3) is 0 Å². The van der Waals surface area contributed by atoms with E-state index in [1.807, 2.05) is 32.9 Å². The number of aromatic amines is 1. The number of thioether (sulfide) groups is 1. The van der Waals surface area contributed by atoms with Gasteiger partial charge in [-0.1, -0.05) is 41.1 Å². The molecule has 140 valence electrons. The van der Waals surface area contributed by atoms with Crippen LogP contribution < -0.4 is 4.74 Å². The number of hydrogen-bond donors (Lipinski definition) is 1. The number of rotatable bonds is 6. The second kappa shape index (κ2) is 8.15. The van der Waals surface area contributed by atoms with Gasteiger partial charge in [0.1, 0.15) is 5.75 Å². The van der Waals surface area contributed by atoms with Crippen LogP contribution in [-0.4, -0.2) is 33.8 Å². The quantitative estimate of drug-likeness (QED) is 0.463.